The van der Waals surface area contributed by atoms with Crippen molar-refractivity contribution in [3.05, 3.63) is 72.6 Å². The number of nitrogens with zero attached hydrogens (tertiary/aromatic N) is 4. The number of aromatic amines is 1. The van der Waals surface area contributed by atoms with Crippen LogP contribution in [0, 0.1) is 6.92 Å². The number of alkyl halides is 2. The number of H-pyrrole nitrogens is 1. The van der Waals surface area contributed by atoms with Crippen molar-refractivity contribution in [1.29, 1.82) is 0 Å². The van der Waals surface area contributed by atoms with Crippen molar-refractivity contribution in [3.63, 3.8) is 0 Å². The Balaban J connectivity index is 1.58. The van der Waals surface area contributed by atoms with Crippen LogP contribution in [0.3, 0.4) is 0 Å². The Kier molecular flexibility index (Phi) is 4.85. The van der Waals surface area contributed by atoms with Gasteiger partial charge >= 0.3 is 0 Å². The summed E-state index contributed by atoms with van der Waals surface area (Å²) in [6.07, 6.45) is 7.72. The van der Waals surface area contributed by atoms with Gasteiger partial charge in [-0.25, -0.2) is 18.3 Å². The molecule has 0 atom stereocenters. The van der Waals surface area contributed by atoms with Gasteiger partial charge in [0.15, 0.2) is 0 Å². The average molecular weight is 432 g/mol. The van der Waals surface area contributed by atoms with Crippen LogP contribution >= 0.6 is 0 Å². The van der Waals surface area contributed by atoms with Gasteiger partial charge in [0.05, 0.1) is 23.8 Å². The summed E-state index contributed by atoms with van der Waals surface area (Å²) in [5, 5.41) is 7.30. The van der Waals surface area contributed by atoms with E-state index >= 15 is 0 Å². The molecule has 160 valence electrons. The molecular weight excluding hydrogens is 414 g/mol. The summed E-state index contributed by atoms with van der Waals surface area (Å²) in [7, 11) is 0. The molecule has 0 aliphatic carbocycles. The first-order chi connectivity index (χ1) is 15.5. The average Bonchev–Trinajstić information content (AvgIpc) is 3.41. The Morgan fingerprint density at radius 2 is 2.03 bits per heavy atom. The summed E-state index contributed by atoms with van der Waals surface area (Å²) in [6.45, 7) is 1.31. The van der Waals surface area contributed by atoms with Crippen molar-refractivity contribution in [1.82, 2.24) is 29.9 Å². The van der Waals surface area contributed by atoms with Crippen molar-refractivity contribution >= 4 is 22.5 Å². The van der Waals surface area contributed by atoms with Gasteiger partial charge in [0.1, 0.15) is 5.65 Å². The van der Waals surface area contributed by atoms with Gasteiger partial charge in [-0.15, -0.1) is 0 Å². The summed E-state index contributed by atoms with van der Waals surface area (Å²) >= 11 is 0. The molecule has 5 rings (SSSR count). The first kappa shape index (κ1) is 19.8. The van der Waals surface area contributed by atoms with E-state index in [0.717, 1.165) is 38.9 Å². The second-order valence-corrected chi connectivity index (χ2v) is 7.42. The third-order valence-corrected chi connectivity index (χ3v) is 5.38. The van der Waals surface area contributed by atoms with Crippen LogP contribution in [0.5, 0.6) is 0 Å². The van der Waals surface area contributed by atoms with Crippen LogP contribution < -0.4 is 5.32 Å². The first-order valence-electron chi connectivity index (χ1n) is 9.93. The van der Waals surface area contributed by atoms with Gasteiger partial charge in [-0.1, -0.05) is 0 Å². The molecule has 0 aromatic carbocycles. The number of amides is 1. The zero-order valence-corrected chi connectivity index (χ0v) is 17.0. The van der Waals surface area contributed by atoms with Crippen LogP contribution in [0.25, 0.3) is 38.8 Å². The number of carbonyl (C=O) groups is 1. The molecule has 0 saturated heterocycles. The lowest BCUT2D eigenvalue weighted by atomic mass is 10.0. The number of aryl methyl sites for hydroxylation is 1. The molecule has 0 aliphatic heterocycles. The zero-order valence-electron chi connectivity index (χ0n) is 17.0. The van der Waals surface area contributed by atoms with Gasteiger partial charge in [-0.3, -0.25) is 9.78 Å². The van der Waals surface area contributed by atoms with Gasteiger partial charge in [0.25, 0.3) is 12.3 Å². The Bertz CT molecular complexity index is 1460. The highest BCUT2D eigenvalue weighted by Crippen LogP contribution is 2.32. The maximum absolute atomic E-state index is 12.5. The summed E-state index contributed by atoms with van der Waals surface area (Å²) in [6, 6.07) is 7.70. The van der Waals surface area contributed by atoms with Gasteiger partial charge in [0, 0.05) is 53.1 Å². The monoisotopic (exact) mass is 432 g/mol. The number of hydrogen-bond donors (Lipinski definition) is 2. The van der Waals surface area contributed by atoms with Crippen molar-refractivity contribution < 1.29 is 13.6 Å². The largest absolute Gasteiger partial charge is 0.346 e. The highest BCUT2D eigenvalue weighted by molar-refractivity contribution is 6.02. The minimum absolute atomic E-state index is 0.233. The number of hydrogen-bond acceptors (Lipinski definition) is 4. The molecular formula is C23H18F2N6O. The van der Waals surface area contributed by atoms with E-state index in [1.807, 2.05) is 37.5 Å². The molecule has 0 spiro atoms. The highest BCUT2D eigenvalue weighted by Gasteiger charge is 2.16. The number of fused-ring (bicyclic) bond motifs is 2. The van der Waals surface area contributed by atoms with Crippen LogP contribution in [0.15, 0.2) is 61.4 Å². The first-order valence-corrected chi connectivity index (χ1v) is 9.93. The summed E-state index contributed by atoms with van der Waals surface area (Å²) in [4.78, 5) is 24.3. The van der Waals surface area contributed by atoms with Crippen LogP contribution in [-0.2, 0) is 0 Å². The molecule has 5 aromatic rings. The van der Waals surface area contributed by atoms with E-state index < -0.39 is 18.9 Å². The predicted molar refractivity (Wildman–Crippen MR) is 117 cm³/mol. The lowest BCUT2D eigenvalue weighted by molar-refractivity contribution is 0.0893. The van der Waals surface area contributed by atoms with E-state index in [4.69, 9.17) is 0 Å². The molecule has 9 heteroatoms. The molecule has 0 aliphatic rings. The lowest BCUT2D eigenvalue weighted by Gasteiger charge is -2.07. The molecule has 0 radical (unpaired) electrons. The fourth-order valence-corrected chi connectivity index (χ4v) is 3.74. The maximum Gasteiger partial charge on any atom is 0.255 e. The number of rotatable bonds is 5. The van der Waals surface area contributed by atoms with Crippen molar-refractivity contribution in [3.8, 4) is 22.3 Å². The van der Waals surface area contributed by atoms with Gasteiger partial charge in [0.2, 0.25) is 0 Å². The highest BCUT2D eigenvalue weighted by atomic mass is 19.3. The molecule has 0 saturated carbocycles. The van der Waals surface area contributed by atoms with E-state index in [-0.39, 0.29) is 5.56 Å². The Morgan fingerprint density at radius 1 is 1.16 bits per heavy atom. The molecule has 0 fully saturated rings. The fraction of sp³-hybridized carbons (Fsp3) is 0.130. The van der Waals surface area contributed by atoms with Crippen LogP contribution in [0.4, 0.5) is 8.78 Å². The topological polar surface area (TPSA) is 88.0 Å². The number of nitrogens with one attached hydrogen (secondary N) is 2. The number of pyridine rings is 3. The third kappa shape index (κ3) is 3.47. The van der Waals surface area contributed by atoms with Crippen LogP contribution in [0.2, 0.25) is 0 Å². The zero-order chi connectivity index (χ0) is 22.2. The van der Waals surface area contributed by atoms with Gasteiger partial charge in [-0.2, -0.15) is 5.10 Å². The minimum atomic E-state index is -2.62. The molecule has 5 aromatic heterocycles. The molecule has 2 N–H and O–H groups in total. The van der Waals surface area contributed by atoms with Crippen LogP contribution in [0.1, 0.15) is 15.9 Å². The smallest absolute Gasteiger partial charge is 0.255 e. The summed E-state index contributed by atoms with van der Waals surface area (Å²) in [5.41, 5.74) is 6.27. The van der Waals surface area contributed by atoms with Crippen molar-refractivity contribution in [2.45, 2.75) is 13.3 Å². The Hall–Kier alpha value is -4.14. The minimum Gasteiger partial charge on any atom is -0.346 e. The molecule has 0 bridgehead atoms. The number of carbonyl (C=O) groups excluding carboxylic acids is 1. The van der Waals surface area contributed by atoms with E-state index in [9.17, 15) is 13.6 Å². The predicted octanol–water partition coefficient (Wildman–Crippen LogP) is 4.24. The molecule has 0 unspecified atom stereocenters. The molecule has 32 heavy (non-hydrogen) atoms. The quantitative estimate of drug-likeness (QED) is 0.435. The maximum atomic E-state index is 12.5. The van der Waals surface area contributed by atoms with E-state index in [1.54, 1.807) is 18.6 Å². The third-order valence-electron chi connectivity index (χ3n) is 5.38. The summed E-state index contributed by atoms with van der Waals surface area (Å²) in [5.74, 6) is -0.590. The second-order valence-electron chi connectivity index (χ2n) is 7.42. The molecule has 1 amide bonds. The number of aromatic nitrogens is 5. The molecule has 5 heterocycles. The van der Waals surface area contributed by atoms with Crippen molar-refractivity contribution in [2.75, 3.05) is 6.54 Å². The van der Waals surface area contributed by atoms with Crippen LogP contribution in [-0.4, -0.2) is 43.4 Å². The SMILES string of the molecule is Cc1ccncc1-c1cnc2[nH]cc(-c3ccn4ncc(C(=O)NCC(F)F)c4c3)c2c1. The van der Waals surface area contributed by atoms with E-state index in [1.165, 1.54) is 10.7 Å². The second kappa shape index (κ2) is 7.84. The van der Waals surface area contributed by atoms with Gasteiger partial charge in [-0.05, 0) is 42.3 Å². The normalized spacial score (nSPS) is 11.5. The molecule has 7 nitrogen and oxygen atoms in total. The van der Waals surface area contributed by atoms with Gasteiger partial charge < -0.3 is 10.3 Å². The van der Waals surface area contributed by atoms with E-state index in [0.29, 0.717) is 5.52 Å². The standard InChI is InChI=1S/C23H18F2N6O/c1-13-2-4-26-9-17(13)15-6-16-18(10-28-22(16)27-8-15)14-3-5-31-20(7-14)19(11-30-31)23(32)29-12-21(24)25/h2-11,21H,12H2,1H3,(H,27,28)(H,29,32). The summed E-state index contributed by atoms with van der Waals surface area (Å²) < 4.78 is 26.5. The Morgan fingerprint density at radius 3 is 2.84 bits per heavy atom. The number of halogens is 2. The van der Waals surface area contributed by atoms with E-state index in [2.05, 4.69) is 31.4 Å². The lowest BCUT2D eigenvalue weighted by Crippen LogP contribution is -2.28. The fourth-order valence-electron chi connectivity index (χ4n) is 3.74. The Labute approximate surface area is 181 Å². The van der Waals surface area contributed by atoms with Crippen molar-refractivity contribution in [2.24, 2.45) is 0 Å².